The Labute approximate surface area is 241 Å². The molecule has 2 atom stereocenters. The average Bonchev–Trinajstić information content (AvgIpc) is 3.59. The molecule has 210 valence electrons. The van der Waals surface area contributed by atoms with Gasteiger partial charge in [0.25, 0.3) is 0 Å². The van der Waals surface area contributed by atoms with Crippen LogP contribution in [-0.2, 0) is 27.9 Å². The third kappa shape index (κ3) is 5.14. The van der Waals surface area contributed by atoms with Crippen molar-refractivity contribution in [2.75, 3.05) is 23.8 Å². The van der Waals surface area contributed by atoms with Gasteiger partial charge in [0.15, 0.2) is 5.82 Å². The number of amides is 2. The fourth-order valence-corrected chi connectivity index (χ4v) is 6.08. The van der Waals surface area contributed by atoms with Crippen molar-refractivity contribution in [2.45, 2.75) is 39.4 Å². The Morgan fingerprint density at radius 2 is 1.95 bits per heavy atom. The van der Waals surface area contributed by atoms with Crippen LogP contribution in [0.5, 0.6) is 0 Å². The molecule has 3 aromatic heterocycles. The molecule has 6 rings (SSSR count). The maximum absolute atomic E-state index is 13.6. The lowest BCUT2D eigenvalue weighted by Gasteiger charge is -2.40. The maximum Gasteiger partial charge on any atom is 0.313 e. The fourth-order valence-electron chi connectivity index (χ4n) is 5.42. The number of nitrogens with one attached hydrogen (secondary N) is 2. The molecular weight excluding hydrogens is 538 g/mol. The van der Waals surface area contributed by atoms with Gasteiger partial charge in [0, 0.05) is 19.0 Å². The molecule has 41 heavy (non-hydrogen) atoms. The molecule has 0 radical (unpaired) electrons. The minimum absolute atomic E-state index is 0.286. The first-order valence-corrected chi connectivity index (χ1v) is 14.3. The number of thiazole rings is 1. The average molecular weight is 570 g/mol. The summed E-state index contributed by atoms with van der Waals surface area (Å²) in [5, 5.41) is 11.3. The highest BCUT2D eigenvalue weighted by Crippen LogP contribution is 2.32. The Hall–Kier alpha value is -4.35. The van der Waals surface area contributed by atoms with Gasteiger partial charge in [-0.3, -0.25) is 14.3 Å². The number of hydrogen-bond donors (Lipinski definition) is 2. The van der Waals surface area contributed by atoms with Gasteiger partial charge in [0.05, 0.1) is 59.1 Å². The zero-order chi connectivity index (χ0) is 28.7. The Balaban J connectivity index is 1.23. The van der Waals surface area contributed by atoms with Gasteiger partial charge < -0.3 is 20.3 Å². The molecule has 0 saturated carbocycles. The summed E-state index contributed by atoms with van der Waals surface area (Å²) in [6.07, 6.45) is 3.23. The van der Waals surface area contributed by atoms with Gasteiger partial charge >= 0.3 is 11.8 Å². The first kappa shape index (κ1) is 26.9. The number of morpholine rings is 1. The molecule has 4 heterocycles. The maximum atomic E-state index is 13.6. The molecule has 2 aromatic carbocycles. The van der Waals surface area contributed by atoms with Crippen LogP contribution in [0.25, 0.3) is 21.1 Å². The number of aromatic nitrogens is 4. The van der Waals surface area contributed by atoms with E-state index in [4.69, 9.17) is 4.74 Å². The van der Waals surface area contributed by atoms with E-state index in [9.17, 15) is 9.59 Å². The van der Waals surface area contributed by atoms with Crippen LogP contribution in [0.2, 0.25) is 0 Å². The highest BCUT2D eigenvalue weighted by Gasteiger charge is 2.37. The van der Waals surface area contributed by atoms with Crippen LogP contribution in [-0.4, -0.2) is 55.7 Å². The van der Waals surface area contributed by atoms with Crippen molar-refractivity contribution < 1.29 is 14.3 Å². The molecule has 0 spiro atoms. The van der Waals surface area contributed by atoms with Crippen LogP contribution in [0.1, 0.15) is 35.2 Å². The van der Waals surface area contributed by atoms with Gasteiger partial charge in [-0.05, 0) is 49.6 Å². The largest absolute Gasteiger partial charge is 0.377 e. The number of pyridine rings is 1. The second-order valence-electron chi connectivity index (χ2n) is 10.5. The van der Waals surface area contributed by atoms with Crippen molar-refractivity contribution in [1.82, 2.24) is 24.6 Å². The summed E-state index contributed by atoms with van der Waals surface area (Å²) in [6.45, 7) is 7.29. The summed E-state index contributed by atoms with van der Waals surface area (Å²) in [6, 6.07) is 11.6. The van der Waals surface area contributed by atoms with Gasteiger partial charge in [-0.15, -0.1) is 11.3 Å². The van der Waals surface area contributed by atoms with Gasteiger partial charge in [-0.2, -0.15) is 5.10 Å². The fraction of sp³-hybridized carbons (Fsp3) is 0.300. The number of benzene rings is 2. The van der Waals surface area contributed by atoms with Gasteiger partial charge in [-0.1, -0.05) is 29.8 Å². The Kier molecular flexibility index (Phi) is 7.14. The molecule has 10 nitrogen and oxygen atoms in total. The summed E-state index contributed by atoms with van der Waals surface area (Å²) in [4.78, 5) is 37.6. The standard InChI is InChI=1S/C30H31N7O3S/c1-17-5-6-21(18(2)9-17)11-31-28-27-22(12-34-36(27)4)24(13-32-28)35-29(38)30(39)37-19(3)14-40-15-25(37)20-7-8-26-23(10-20)33-16-41-26/h5-10,12-13,16,19,25H,11,14-15H2,1-4H3,(H,31,32)(H,35,38)/t19-,25-/m1/s1. The molecule has 0 aliphatic carbocycles. The van der Waals surface area contributed by atoms with Crippen LogP contribution in [0.3, 0.4) is 0 Å². The van der Waals surface area contributed by atoms with Crippen molar-refractivity contribution in [2.24, 2.45) is 7.05 Å². The molecule has 0 bridgehead atoms. The summed E-state index contributed by atoms with van der Waals surface area (Å²) in [7, 11) is 1.82. The van der Waals surface area contributed by atoms with E-state index in [-0.39, 0.29) is 6.04 Å². The Morgan fingerprint density at radius 3 is 2.78 bits per heavy atom. The Morgan fingerprint density at radius 1 is 1.10 bits per heavy atom. The first-order chi connectivity index (χ1) is 19.8. The molecule has 5 aromatic rings. The van der Waals surface area contributed by atoms with Crippen molar-refractivity contribution in [1.29, 1.82) is 0 Å². The smallest absolute Gasteiger partial charge is 0.313 e. The van der Waals surface area contributed by atoms with E-state index in [1.807, 2.05) is 32.2 Å². The van der Waals surface area contributed by atoms with E-state index in [0.29, 0.717) is 36.6 Å². The first-order valence-electron chi connectivity index (χ1n) is 13.5. The number of hydrogen-bond acceptors (Lipinski definition) is 8. The molecule has 2 N–H and O–H groups in total. The highest BCUT2D eigenvalue weighted by molar-refractivity contribution is 7.16. The topological polar surface area (TPSA) is 114 Å². The van der Waals surface area contributed by atoms with Gasteiger partial charge in [0.2, 0.25) is 0 Å². The van der Waals surface area contributed by atoms with Crippen LogP contribution in [0.4, 0.5) is 11.5 Å². The predicted octanol–water partition coefficient (Wildman–Crippen LogP) is 4.73. The lowest BCUT2D eigenvalue weighted by molar-refractivity contribution is -0.153. The van der Waals surface area contributed by atoms with E-state index in [1.165, 1.54) is 16.7 Å². The molecular formula is C30H31N7O3S. The number of aryl methyl sites for hydroxylation is 3. The number of ether oxygens (including phenoxy) is 1. The summed E-state index contributed by atoms with van der Waals surface area (Å²) in [5.74, 6) is -0.719. The van der Waals surface area contributed by atoms with E-state index in [2.05, 4.69) is 57.7 Å². The molecule has 0 unspecified atom stereocenters. The summed E-state index contributed by atoms with van der Waals surface area (Å²) in [5.41, 5.74) is 8.26. The molecule has 1 aliphatic rings. The summed E-state index contributed by atoms with van der Waals surface area (Å²) < 4.78 is 8.56. The molecule has 11 heteroatoms. The normalized spacial score (nSPS) is 17.2. The summed E-state index contributed by atoms with van der Waals surface area (Å²) >= 11 is 1.56. The lowest BCUT2D eigenvalue weighted by Crippen LogP contribution is -2.52. The van der Waals surface area contributed by atoms with E-state index in [0.717, 1.165) is 21.3 Å². The third-order valence-electron chi connectivity index (χ3n) is 7.58. The predicted molar refractivity (Wildman–Crippen MR) is 160 cm³/mol. The van der Waals surface area contributed by atoms with E-state index >= 15 is 0 Å². The molecule has 1 fully saturated rings. The van der Waals surface area contributed by atoms with Crippen molar-refractivity contribution in [3.05, 3.63) is 76.6 Å². The zero-order valence-electron chi connectivity index (χ0n) is 23.3. The third-order valence-corrected chi connectivity index (χ3v) is 8.39. The highest BCUT2D eigenvalue weighted by atomic mass is 32.1. The van der Waals surface area contributed by atoms with Crippen LogP contribution < -0.4 is 10.6 Å². The molecule has 1 saturated heterocycles. The van der Waals surface area contributed by atoms with Gasteiger partial charge in [-0.25, -0.2) is 9.97 Å². The number of rotatable bonds is 5. The second kappa shape index (κ2) is 10.9. The number of nitrogens with zero attached hydrogens (tertiary/aromatic N) is 5. The van der Waals surface area contributed by atoms with Crippen molar-refractivity contribution >= 4 is 55.8 Å². The number of carbonyl (C=O) groups excluding carboxylic acids is 2. The molecule has 2 amide bonds. The number of fused-ring (bicyclic) bond motifs is 2. The van der Waals surface area contributed by atoms with Crippen molar-refractivity contribution in [3.63, 3.8) is 0 Å². The lowest BCUT2D eigenvalue weighted by atomic mass is 10.0. The quantitative estimate of drug-likeness (QED) is 0.294. The van der Waals surface area contributed by atoms with Crippen molar-refractivity contribution in [3.8, 4) is 0 Å². The Bertz CT molecular complexity index is 1780. The van der Waals surface area contributed by atoms with Crippen LogP contribution >= 0.6 is 11.3 Å². The SMILES string of the molecule is Cc1ccc(CNc2ncc(NC(=O)C(=O)N3[C@H](C)COC[C@@H]3c3ccc4scnc4c3)c3cnn(C)c23)c(C)c1. The van der Waals surface area contributed by atoms with Crippen LogP contribution in [0.15, 0.2) is 54.3 Å². The minimum Gasteiger partial charge on any atom is -0.377 e. The number of carbonyl (C=O) groups is 2. The van der Waals surface area contributed by atoms with Gasteiger partial charge in [0.1, 0.15) is 5.52 Å². The van der Waals surface area contributed by atoms with E-state index < -0.39 is 17.9 Å². The van der Waals surface area contributed by atoms with E-state index in [1.54, 1.807) is 38.8 Å². The number of anilines is 2. The zero-order valence-corrected chi connectivity index (χ0v) is 24.2. The monoisotopic (exact) mass is 569 g/mol. The molecule has 1 aliphatic heterocycles. The second-order valence-corrected chi connectivity index (χ2v) is 11.4. The minimum atomic E-state index is -0.735. The van der Waals surface area contributed by atoms with Crippen LogP contribution in [0, 0.1) is 13.8 Å².